The molecule has 0 spiro atoms. The number of rotatable bonds is 3. The van der Waals surface area contributed by atoms with Crippen molar-refractivity contribution in [1.82, 2.24) is 10.2 Å². The van der Waals surface area contributed by atoms with E-state index in [1.807, 2.05) is 31.2 Å². The van der Waals surface area contributed by atoms with Crippen LogP contribution >= 0.6 is 22.9 Å². The third-order valence-electron chi connectivity index (χ3n) is 1.88. The summed E-state index contributed by atoms with van der Waals surface area (Å²) in [5.41, 5.74) is 1.17. The minimum Gasteiger partial charge on any atom is -0.356 e. The van der Waals surface area contributed by atoms with Crippen molar-refractivity contribution in [3.63, 3.8) is 0 Å². The van der Waals surface area contributed by atoms with Crippen molar-refractivity contribution in [2.75, 3.05) is 5.32 Å². The first kappa shape index (κ1) is 10.4. The highest BCUT2D eigenvalue weighted by Crippen LogP contribution is 2.15. The van der Waals surface area contributed by atoms with Gasteiger partial charge >= 0.3 is 0 Å². The Bertz CT molecular complexity index is 438. The number of benzene rings is 1. The number of halogens is 1. The number of hydrogen-bond donors (Lipinski definition) is 1. The van der Waals surface area contributed by atoms with Crippen LogP contribution < -0.4 is 5.32 Å². The fraction of sp³-hybridized carbons (Fsp3) is 0.200. The van der Waals surface area contributed by atoms with Gasteiger partial charge in [0.1, 0.15) is 5.01 Å². The van der Waals surface area contributed by atoms with Gasteiger partial charge in [0, 0.05) is 11.6 Å². The van der Waals surface area contributed by atoms with Crippen molar-refractivity contribution < 1.29 is 0 Å². The Balaban J connectivity index is 1.96. The van der Waals surface area contributed by atoms with Crippen molar-refractivity contribution >= 4 is 28.1 Å². The Morgan fingerprint density at radius 1 is 1.27 bits per heavy atom. The second kappa shape index (κ2) is 4.59. The lowest BCUT2D eigenvalue weighted by atomic mass is 10.2. The molecule has 0 aliphatic heterocycles. The van der Waals surface area contributed by atoms with E-state index in [4.69, 9.17) is 11.6 Å². The lowest BCUT2D eigenvalue weighted by Crippen LogP contribution is -1.98. The number of nitrogens with one attached hydrogen (secondary N) is 1. The summed E-state index contributed by atoms with van der Waals surface area (Å²) in [6.45, 7) is 2.68. The molecule has 15 heavy (non-hydrogen) atoms. The molecule has 2 rings (SSSR count). The molecule has 0 unspecified atom stereocenters. The maximum Gasteiger partial charge on any atom is 0.205 e. The van der Waals surface area contributed by atoms with Gasteiger partial charge in [-0.05, 0) is 24.6 Å². The average Bonchev–Trinajstić information content (AvgIpc) is 2.64. The fourth-order valence-corrected chi connectivity index (χ4v) is 1.86. The smallest absolute Gasteiger partial charge is 0.205 e. The lowest BCUT2D eigenvalue weighted by Gasteiger charge is -2.01. The van der Waals surface area contributed by atoms with Gasteiger partial charge in [0.25, 0.3) is 0 Å². The summed E-state index contributed by atoms with van der Waals surface area (Å²) in [4.78, 5) is 0. The highest BCUT2D eigenvalue weighted by Gasteiger charge is 1.99. The normalized spacial score (nSPS) is 10.3. The quantitative estimate of drug-likeness (QED) is 0.895. The van der Waals surface area contributed by atoms with Crippen molar-refractivity contribution in [2.45, 2.75) is 13.5 Å². The van der Waals surface area contributed by atoms with E-state index in [2.05, 4.69) is 15.5 Å². The van der Waals surface area contributed by atoms with E-state index in [1.165, 1.54) is 5.56 Å². The molecule has 1 aromatic carbocycles. The molecule has 78 valence electrons. The summed E-state index contributed by atoms with van der Waals surface area (Å²) in [7, 11) is 0. The number of anilines is 1. The van der Waals surface area contributed by atoms with Crippen LogP contribution in [0.3, 0.4) is 0 Å². The molecule has 0 aliphatic rings. The van der Waals surface area contributed by atoms with Crippen molar-refractivity contribution in [3.05, 3.63) is 39.9 Å². The van der Waals surface area contributed by atoms with E-state index in [9.17, 15) is 0 Å². The number of nitrogens with zero attached hydrogens (tertiary/aromatic N) is 2. The molecule has 0 saturated heterocycles. The summed E-state index contributed by atoms with van der Waals surface area (Å²) >= 11 is 7.34. The molecule has 0 aliphatic carbocycles. The largest absolute Gasteiger partial charge is 0.356 e. The zero-order chi connectivity index (χ0) is 10.7. The first-order chi connectivity index (χ1) is 7.24. The zero-order valence-corrected chi connectivity index (χ0v) is 9.77. The van der Waals surface area contributed by atoms with Crippen LogP contribution in [0, 0.1) is 6.92 Å². The van der Waals surface area contributed by atoms with E-state index >= 15 is 0 Å². The second-order valence-corrected chi connectivity index (χ2v) is 4.72. The van der Waals surface area contributed by atoms with Crippen LogP contribution in [-0.2, 0) is 6.54 Å². The van der Waals surface area contributed by atoms with Gasteiger partial charge in [-0.3, -0.25) is 0 Å². The first-order valence-corrected chi connectivity index (χ1v) is 5.72. The molecule has 2 aromatic rings. The lowest BCUT2D eigenvalue weighted by molar-refractivity contribution is 1.02. The van der Waals surface area contributed by atoms with E-state index in [0.29, 0.717) is 0 Å². The molecule has 1 N–H and O–H groups in total. The Hall–Kier alpha value is -1.13. The van der Waals surface area contributed by atoms with E-state index < -0.39 is 0 Å². The monoisotopic (exact) mass is 239 g/mol. The molecular weight excluding hydrogens is 230 g/mol. The summed E-state index contributed by atoms with van der Waals surface area (Å²) < 4.78 is 0. The van der Waals surface area contributed by atoms with Crippen LogP contribution in [-0.4, -0.2) is 10.2 Å². The molecule has 0 saturated carbocycles. The Morgan fingerprint density at radius 2 is 2.00 bits per heavy atom. The Labute approximate surface area is 97.1 Å². The molecule has 3 nitrogen and oxygen atoms in total. The van der Waals surface area contributed by atoms with Crippen LogP contribution in [0.25, 0.3) is 0 Å². The fourth-order valence-electron chi connectivity index (χ4n) is 1.15. The molecule has 0 bridgehead atoms. The highest BCUT2D eigenvalue weighted by molar-refractivity contribution is 7.15. The molecule has 1 heterocycles. The average molecular weight is 240 g/mol. The first-order valence-electron chi connectivity index (χ1n) is 4.52. The third kappa shape index (κ3) is 2.91. The zero-order valence-electron chi connectivity index (χ0n) is 8.20. The van der Waals surface area contributed by atoms with Crippen LogP contribution in [0.4, 0.5) is 5.13 Å². The summed E-state index contributed by atoms with van der Waals surface area (Å²) in [6.07, 6.45) is 0. The standard InChI is InChI=1S/C10H10ClN3S/c1-7-13-14-10(15-7)12-6-8-2-4-9(11)5-3-8/h2-5H,6H2,1H3,(H,12,14). The van der Waals surface area contributed by atoms with Gasteiger partial charge in [0.15, 0.2) is 0 Å². The minimum absolute atomic E-state index is 0.742. The predicted molar refractivity (Wildman–Crippen MR) is 63.4 cm³/mol. The van der Waals surface area contributed by atoms with Crippen LogP contribution in [0.5, 0.6) is 0 Å². The molecule has 0 fully saturated rings. The number of aryl methyl sites for hydroxylation is 1. The predicted octanol–water partition coefficient (Wildman–Crippen LogP) is 3.11. The van der Waals surface area contributed by atoms with Crippen molar-refractivity contribution in [2.24, 2.45) is 0 Å². The van der Waals surface area contributed by atoms with E-state index in [0.717, 1.165) is 21.7 Å². The van der Waals surface area contributed by atoms with Gasteiger partial charge in [-0.1, -0.05) is 35.1 Å². The van der Waals surface area contributed by atoms with Gasteiger partial charge in [-0.25, -0.2) is 0 Å². The van der Waals surface area contributed by atoms with E-state index in [1.54, 1.807) is 11.3 Å². The topological polar surface area (TPSA) is 37.8 Å². The van der Waals surface area contributed by atoms with Gasteiger partial charge in [0.05, 0.1) is 0 Å². The maximum atomic E-state index is 5.79. The van der Waals surface area contributed by atoms with Gasteiger partial charge in [-0.15, -0.1) is 10.2 Å². The van der Waals surface area contributed by atoms with E-state index in [-0.39, 0.29) is 0 Å². The number of hydrogen-bond acceptors (Lipinski definition) is 4. The van der Waals surface area contributed by atoms with Crippen LogP contribution in [0.15, 0.2) is 24.3 Å². The molecular formula is C10H10ClN3S. The summed E-state index contributed by atoms with van der Waals surface area (Å²) in [5, 5.41) is 13.7. The SMILES string of the molecule is Cc1nnc(NCc2ccc(Cl)cc2)s1. The van der Waals surface area contributed by atoms with Crippen LogP contribution in [0.1, 0.15) is 10.6 Å². The molecule has 1 aromatic heterocycles. The van der Waals surface area contributed by atoms with Gasteiger partial charge in [-0.2, -0.15) is 0 Å². The summed E-state index contributed by atoms with van der Waals surface area (Å²) in [6, 6.07) is 7.74. The molecule has 0 atom stereocenters. The Kier molecular flexibility index (Phi) is 3.18. The summed E-state index contributed by atoms with van der Waals surface area (Å²) in [5.74, 6) is 0. The molecule has 0 amide bonds. The van der Waals surface area contributed by atoms with Crippen LogP contribution in [0.2, 0.25) is 5.02 Å². The third-order valence-corrected chi connectivity index (χ3v) is 2.93. The number of aromatic nitrogens is 2. The van der Waals surface area contributed by atoms with Gasteiger partial charge < -0.3 is 5.32 Å². The maximum absolute atomic E-state index is 5.79. The minimum atomic E-state index is 0.742. The van der Waals surface area contributed by atoms with Crippen molar-refractivity contribution in [1.29, 1.82) is 0 Å². The molecule has 5 heteroatoms. The second-order valence-electron chi connectivity index (χ2n) is 3.11. The molecule has 0 radical (unpaired) electrons. The highest BCUT2D eigenvalue weighted by atomic mass is 35.5. The van der Waals surface area contributed by atoms with Crippen molar-refractivity contribution in [3.8, 4) is 0 Å². The van der Waals surface area contributed by atoms with Gasteiger partial charge in [0.2, 0.25) is 5.13 Å². The Morgan fingerprint density at radius 3 is 2.60 bits per heavy atom.